The van der Waals surface area contributed by atoms with Crippen LogP contribution in [0.2, 0.25) is 0 Å². The molecule has 0 bridgehead atoms. The van der Waals surface area contributed by atoms with E-state index < -0.39 is 0 Å². The van der Waals surface area contributed by atoms with Crippen molar-refractivity contribution in [2.45, 2.75) is 45.4 Å². The summed E-state index contributed by atoms with van der Waals surface area (Å²) < 4.78 is 2.33. The van der Waals surface area contributed by atoms with E-state index in [4.69, 9.17) is 0 Å². The molecule has 1 saturated carbocycles. The molecule has 1 nitrogen and oxygen atoms in total. The molecule has 1 aromatic heterocycles. The van der Waals surface area contributed by atoms with E-state index in [0.29, 0.717) is 5.41 Å². The van der Waals surface area contributed by atoms with Gasteiger partial charge in [-0.25, -0.2) is 4.57 Å². The maximum Gasteiger partial charge on any atom is 0.216 e. The zero-order chi connectivity index (χ0) is 14.4. The number of aromatic nitrogens is 1. The molecule has 108 valence electrons. The van der Waals surface area contributed by atoms with Crippen LogP contribution >= 0.6 is 0 Å². The number of hydrogen-bond donors (Lipinski definition) is 0. The summed E-state index contributed by atoms with van der Waals surface area (Å²) in [6.45, 7) is 2.23. The maximum atomic E-state index is 2.37. The van der Waals surface area contributed by atoms with Crippen molar-refractivity contribution in [1.29, 1.82) is 0 Å². The van der Waals surface area contributed by atoms with Crippen molar-refractivity contribution in [3.05, 3.63) is 53.2 Å². The number of benzene rings is 1. The second-order valence-corrected chi connectivity index (χ2v) is 7.15. The smallest absolute Gasteiger partial charge is 0.201 e. The summed E-state index contributed by atoms with van der Waals surface area (Å²) >= 11 is 0. The van der Waals surface area contributed by atoms with Crippen molar-refractivity contribution in [3.8, 4) is 11.3 Å². The second-order valence-electron chi connectivity index (χ2n) is 7.15. The van der Waals surface area contributed by atoms with Gasteiger partial charge in [-0.15, -0.1) is 0 Å². The Kier molecular flexibility index (Phi) is 2.92. The van der Waals surface area contributed by atoms with Crippen LogP contribution in [-0.4, -0.2) is 0 Å². The first-order valence-corrected chi connectivity index (χ1v) is 8.25. The van der Waals surface area contributed by atoms with Crippen molar-refractivity contribution in [3.63, 3.8) is 0 Å². The van der Waals surface area contributed by atoms with Crippen LogP contribution in [0, 0.1) is 12.3 Å². The molecule has 1 fully saturated rings. The minimum absolute atomic E-state index is 0.591. The summed E-state index contributed by atoms with van der Waals surface area (Å²) in [4.78, 5) is 0. The van der Waals surface area contributed by atoms with Gasteiger partial charge in [-0.2, -0.15) is 0 Å². The lowest BCUT2D eigenvalue weighted by atomic mass is 9.83. The predicted octanol–water partition coefficient (Wildman–Crippen LogP) is 4.15. The van der Waals surface area contributed by atoms with Crippen molar-refractivity contribution in [2.75, 3.05) is 0 Å². The van der Waals surface area contributed by atoms with E-state index in [1.165, 1.54) is 55.3 Å². The Hall–Kier alpha value is -1.63. The van der Waals surface area contributed by atoms with E-state index >= 15 is 0 Å². The van der Waals surface area contributed by atoms with Gasteiger partial charge in [0, 0.05) is 17.2 Å². The fourth-order valence-electron chi connectivity index (χ4n) is 4.62. The lowest BCUT2D eigenvalue weighted by Crippen LogP contribution is -2.32. The average Bonchev–Trinajstić information content (AvgIpc) is 3.07. The van der Waals surface area contributed by atoms with Gasteiger partial charge in [-0.3, -0.25) is 0 Å². The topological polar surface area (TPSA) is 3.88 Å². The highest BCUT2D eigenvalue weighted by Crippen LogP contribution is 2.50. The van der Waals surface area contributed by atoms with E-state index in [1.807, 2.05) is 0 Å². The Labute approximate surface area is 127 Å². The zero-order valence-corrected chi connectivity index (χ0v) is 13.2. The number of rotatable bonds is 1. The SMILES string of the molecule is Cc1ccccc1-c1c2c(cc[n+]1C)CC1(CCCC1)C2. The van der Waals surface area contributed by atoms with Crippen LogP contribution in [0.25, 0.3) is 11.3 Å². The van der Waals surface area contributed by atoms with Crippen molar-refractivity contribution >= 4 is 0 Å². The van der Waals surface area contributed by atoms with Crippen LogP contribution in [0.1, 0.15) is 42.4 Å². The van der Waals surface area contributed by atoms with Gasteiger partial charge in [-0.1, -0.05) is 31.0 Å². The largest absolute Gasteiger partial charge is 0.216 e. The summed E-state index contributed by atoms with van der Waals surface area (Å²) in [5, 5.41) is 0. The van der Waals surface area contributed by atoms with Crippen LogP contribution in [0.5, 0.6) is 0 Å². The molecule has 2 aromatic rings. The van der Waals surface area contributed by atoms with Crippen LogP contribution in [0.15, 0.2) is 36.5 Å². The molecular weight excluding hydrogens is 254 g/mol. The average molecular weight is 278 g/mol. The van der Waals surface area contributed by atoms with Gasteiger partial charge in [0.05, 0.1) is 0 Å². The third-order valence-electron chi connectivity index (χ3n) is 5.71. The minimum Gasteiger partial charge on any atom is -0.201 e. The molecule has 0 atom stereocenters. The molecule has 0 amide bonds. The quantitative estimate of drug-likeness (QED) is 0.690. The Morgan fingerprint density at radius 1 is 1.00 bits per heavy atom. The fourth-order valence-corrected chi connectivity index (χ4v) is 4.62. The third kappa shape index (κ3) is 2.02. The third-order valence-corrected chi connectivity index (χ3v) is 5.71. The van der Waals surface area contributed by atoms with Crippen LogP contribution in [0.4, 0.5) is 0 Å². The highest BCUT2D eigenvalue weighted by molar-refractivity contribution is 5.66. The second kappa shape index (κ2) is 4.69. The summed E-state index contributed by atoms with van der Waals surface area (Å²) in [7, 11) is 2.20. The maximum absolute atomic E-state index is 2.37. The summed E-state index contributed by atoms with van der Waals surface area (Å²) in [5.74, 6) is 0. The Bertz CT molecular complexity index is 693. The van der Waals surface area contributed by atoms with Gasteiger partial charge in [0.2, 0.25) is 5.69 Å². The molecule has 0 saturated heterocycles. The summed E-state index contributed by atoms with van der Waals surface area (Å²) in [5.41, 5.74) is 8.06. The summed E-state index contributed by atoms with van der Waals surface area (Å²) in [6, 6.07) is 11.2. The molecule has 0 radical (unpaired) electrons. The molecule has 21 heavy (non-hydrogen) atoms. The monoisotopic (exact) mass is 278 g/mol. The minimum atomic E-state index is 0.591. The van der Waals surface area contributed by atoms with Crippen molar-refractivity contribution in [1.82, 2.24) is 0 Å². The first-order chi connectivity index (χ1) is 10.2. The van der Waals surface area contributed by atoms with E-state index in [1.54, 1.807) is 11.1 Å². The number of hydrogen-bond acceptors (Lipinski definition) is 0. The Morgan fingerprint density at radius 2 is 1.76 bits per heavy atom. The Balaban J connectivity index is 1.87. The molecule has 0 aliphatic heterocycles. The lowest BCUT2D eigenvalue weighted by Gasteiger charge is -2.21. The van der Waals surface area contributed by atoms with Gasteiger partial charge in [-0.05, 0) is 55.2 Å². The van der Waals surface area contributed by atoms with E-state index in [9.17, 15) is 0 Å². The molecule has 1 heteroatoms. The molecule has 4 rings (SSSR count). The standard InChI is InChI=1S/C20H24N/c1-15-7-3-4-8-17(15)19-18-14-20(10-5-6-11-20)13-16(18)9-12-21(19)2/h3-4,7-9,12H,5-6,10-11,13-14H2,1-2H3/q+1. The van der Waals surface area contributed by atoms with Gasteiger partial charge < -0.3 is 0 Å². The number of aryl methyl sites for hydroxylation is 2. The highest BCUT2D eigenvalue weighted by Gasteiger charge is 2.42. The molecule has 0 N–H and O–H groups in total. The Morgan fingerprint density at radius 3 is 2.52 bits per heavy atom. The molecular formula is C20H24N+. The molecule has 1 spiro atoms. The normalized spacial score (nSPS) is 19.1. The molecule has 2 aliphatic rings. The zero-order valence-electron chi connectivity index (χ0n) is 13.2. The van der Waals surface area contributed by atoms with E-state index in [0.717, 1.165) is 0 Å². The van der Waals surface area contributed by atoms with Crippen LogP contribution in [0.3, 0.4) is 0 Å². The highest BCUT2D eigenvalue weighted by atomic mass is 14.9. The van der Waals surface area contributed by atoms with Gasteiger partial charge in [0.1, 0.15) is 7.05 Å². The molecule has 0 unspecified atom stereocenters. The fraction of sp³-hybridized carbons (Fsp3) is 0.450. The van der Waals surface area contributed by atoms with Gasteiger partial charge in [0.15, 0.2) is 6.20 Å². The van der Waals surface area contributed by atoms with Crippen molar-refractivity contribution in [2.24, 2.45) is 12.5 Å². The molecule has 1 heterocycles. The lowest BCUT2D eigenvalue weighted by molar-refractivity contribution is -0.660. The van der Waals surface area contributed by atoms with Gasteiger partial charge in [0.25, 0.3) is 0 Å². The van der Waals surface area contributed by atoms with Crippen molar-refractivity contribution < 1.29 is 4.57 Å². The first kappa shape index (κ1) is 13.1. The molecule has 2 aliphatic carbocycles. The summed E-state index contributed by atoms with van der Waals surface area (Å²) in [6.07, 6.45) is 10.6. The number of nitrogens with zero attached hydrogens (tertiary/aromatic N) is 1. The van der Waals surface area contributed by atoms with Crippen LogP contribution < -0.4 is 4.57 Å². The van der Waals surface area contributed by atoms with Gasteiger partial charge >= 0.3 is 0 Å². The number of fused-ring (bicyclic) bond motifs is 1. The molecule has 1 aromatic carbocycles. The van der Waals surface area contributed by atoms with E-state index in [-0.39, 0.29) is 0 Å². The first-order valence-electron chi connectivity index (χ1n) is 8.25. The van der Waals surface area contributed by atoms with Crippen LogP contribution in [-0.2, 0) is 19.9 Å². The predicted molar refractivity (Wildman–Crippen MR) is 86.1 cm³/mol. The number of pyridine rings is 1. The van der Waals surface area contributed by atoms with E-state index in [2.05, 4.69) is 55.1 Å².